The average Bonchev–Trinajstić information content (AvgIpc) is 3.17. The van der Waals surface area contributed by atoms with Crippen LogP contribution in [0.15, 0.2) is 47.7 Å². The molecule has 0 radical (unpaired) electrons. The van der Waals surface area contributed by atoms with E-state index in [9.17, 15) is 0 Å². The summed E-state index contributed by atoms with van der Waals surface area (Å²) in [7, 11) is 1.82. The number of guanidine groups is 1. The first-order chi connectivity index (χ1) is 14.5. The van der Waals surface area contributed by atoms with Crippen molar-refractivity contribution in [2.75, 3.05) is 26.7 Å². The third-order valence-corrected chi connectivity index (χ3v) is 5.69. The molecule has 0 aliphatic carbocycles. The summed E-state index contributed by atoms with van der Waals surface area (Å²) in [5, 5.41) is 6.94. The maximum absolute atomic E-state index is 6.10. The lowest BCUT2D eigenvalue weighted by Crippen LogP contribution is -2.47. The van der Waals surface area contributed by atoms with Crippen LogP contribution in [0.3, 0.4) is 0 Å². The molecule has 1 fully saturated rings. The van der Waals surface area contributed by atoms with Gasteiger partial charge in [0.2, 0.25) is 0 Å². The molecule has 1 aromatic heterocycles. The van der Waals surface area contributed by atoms with Crippen molar-refractivity contribution in [1.29, 1.82) is 0 Å². The molecule has 6 heteroatoms. The van der Waals surface area contributed by atoms with E-state index in [-0.39, 0.29) is 11.5 Å². The average molecular weight is 412 g/mol. The van der Waals surface area contributed by atoms with Gasteiger partial charge >= 0.3 is 0 Å². The zero-order valence-electron chi connectivity index (χ0n) is 18.9. The van der Waals surface area contributed by atoms with Gasteiger partial charge in [-0.25, -0.2) is 4.98 Å². The Balaban J connectivity index is 1.47. The number of rotatable bonds is 7. The van der Waals surface area contributed by atoms with Crippen molar-refractivity contribution in [3.8, 4) is 0 Å². The molecule has 1 aromatic carbocycles. The second-order valence-electron chi connectivity index (χ2n) is 9.15. The minimum Gasteiger partial charge on any atom is -0.377 e. The number of ether oxygens (including phenoxy) is 1. The molecule has 0 saturated carbocycles. The Morgan fingerprint density at radius 2 is 2.03 bits per heavy atom. The molecule has 2 N–H and O–H groups in total. The number of nitrogens with zero attached hydrogens (tertiary/aromatic N) is 3. The summed E-state index contributed by atoms with van der Waals surface area (Å²) in [6.07, 6.45) is 7.38. The van der Waals surface area contributed by atoms with E-state index < -0.39 is 0 Å². The molecule has 2 atom stereocenters. The fourth-order valence-corrected chi connectivity index (χ4v) is 4.24. The van der Waals surface area contributed by atoms with Crippen LogP contribution >= 0.6 is 0 Å². The normalized spacial score (nSPS) is 20.2. The van der Waals surface area contributed by atoms with E-state index >= 15 is 0 Å². The molecule has 0 amide bonds. The van der Waals surface area contributed by atoms with Gasteiger partial charge in [-0.3, -0.25) is 4.99 Å². The van der Waals surface area contributed by atoms with Crippen LogP contribution in [0.2, 0.25) is 0 Å². The Bertz CT molecular complexity index is 793. The van der Waals surface area contributed by atoms with Crippen LogP contribution in [-0.2, 0) is 17.7 Å². The van der Waals surface area contributed by atoms with Crippen LogP contribution in [0.4, 0.5) is 0 Å². The summed E-state index contributed by atoms with van der Waals surface area (Å²) in [6.45, 7) is 10.2. The van der Waals surface area contributed by atoms with Gasteiger partial charge in [-0.05, 0) is 23.8 Å². The molecule has 164 valence electrons. The highest BCUT2D eigenvalue weighted by atomic mass is 16.5. The van der Waals surface area contributed by atoms with Gasteiger partial charge in [-0.1, -0.05) is 51.1 Å². The Morgan fingerprint density at radius 3 is 2.77 bits per heavy atom. The number of aromatic nitrogens is 2. The van der Waals surface area contributed by atoms with E-state index in [1.54, 1.807) is 0 Å². The number of hydrogen-bond donors (Lipinski definition) is 2. The topological polar surface area (TPSA) is 63.5 Å². The maximum Gasteiger partial charge on any atom is 0.191 e. The molecule has 2 heterocycles. The highest BCUT2D eigenvalue weighted by Gasteiger charge is 2.35. The predicted molar refractivity (Wildman–Crippen MR) is 123 cm³/mol. The molecule has 1 saturated heterocycles. The predicted octanol–water partition coefficient (Wildman–Crippen LogP) is 3.48. The Labute approximate surface area is 181 Å². The van der Waals surface area contributed by atoms with Crippen LogP contribution in [-0.4, -0.2) is 48.4 Å². The summed E-state index contributed by atoms with van der Waals surface area (Å²) in [4.78, 5) is 8.93. The van der Waals surface area contributed by atoms with Gasteiger partial charge in [0.1, 0.15) is 5.82 Å². The fourth-order valence-electron chi connectivity index (χ4n) is 4.24. The van der Waals surface area contributed by atoms with E-state index in [4.69, 9.17) is 4.74 Å². The largest absolute Gasteiger partial charge is 0.377 e. The monoisotopic (exact) mass is 411 g/mol. The third-order valence-electron chi connectivity index (χ3n) is 5.69. The van der Waals surface area contributed by atoms with Gasteiger partial charge in [0.25, 0.3) is 0 Å². The van der Waals surface area contributed by atoms with Crippen LogP contribution in [0.5, 0.6) is 0 Å². The Kier molecular flexibility index (Phi) is 7.91. The van der Waals surface area contributed by atoms with E-state index in [1.165, 1.54) is 12.0 Å². The summed E-state index contributed by atoms with van der Waals surface area (Å²) in [6, 6.07) is 10.5. The SMILES string of the molecule is CN=C(NCCc1nccn1Cc1ccccc1)NCC1CCCOC1C(C)(C)C. The maximum atomic E-state index is 6.10. The summed E-state index contributed by atoms with van der Waals surface area (Å²) in [5.74, 6) is 2.42. The molecule has 3 rings (SSSR count). The van der Waals surface area contributed by atoms with Crippen molar-refractivity contribution in [2.24, 2.45) is 16.3 Å². The Morgan fingerprint density at radius 1 is 1.23 bits per heavy atom. The first kappa shape index (κ1) is 22.3. The van der Waals surface area contributed by atoms with Gasteiger partial charge in [-0.2, -0.15) is 0 Å². The first-order valence-corrected chi connectivity index (χ1v) is 11.1. The smallest absolute Gasteiger partial charge is 0.191 e. The van der Waals surface area contributed by atoms with Crippen molar-refractivity contribution in [3.63, 3.8) is 0 Å². The van der Waals surface area contributed by atoms with Crippen molar-refractivity contribution >= 4 is 5.96 Å². The zero-order chi connectivity index (χ0) is 21.4. The van der Waals surface area contributed by atoms with E-state index in [0.717, 1.165) is 50.9 Å². The second-order valence-corrected chi connectivity index (χ2v) is 9.15. The number of aliphatic imine (C=N–C) groups is 1. The van der Waals surface area contributed by atoms with E-state index in [0.29, 0.717) is 5.92 Å². The molecule has 0 spiro atoms. The van der Waals surface area contributed by atoms with Crippen molar-refractivity contribution in [2.45, 2.75) is 52.7 Å². The minimum absolute atomic E-state index is 0.152. The standard InChI is InChI=1S/C24H37N5O/c1-24(2,3)22-20(11-8-16-30-22)17-28-23(25-4)27-13-12-21-26-14-15-29(21)18-19-9-6-5-7-10-19/h5-7,9-10,14-15,20,22H,8,11-13,16-18H2,1-4H3,(H2,25,27,28). The summed E-state index contributed by atoms with van der Waals surface area (Å²) in [5.41, 5.74) is 1.44. The first-order valence-electron chi connectivity index (χ1n) is 11.1. The van der Waals surface area contributed by atoms with Gasteiger partial charge in [0, 0.05) is 58.0 Å². The van der Waals surface area contributed by atoms with E-state index in [1.807, 2.05) is 25.5 Å². The lowest BCUT2D eigenvalue weighted by atomic mass is 9.78. The molecule has 0 bridgehead atoms. The number of benzene rings is 1. The lowest BCUT2D eigenvalue weighted by molar-refractivity contribution is -0.0835. The highest BCUT2D eigenvalue weighted by molar-refractivity contribution is 5.79. The molecule has 30 heavy (non-hydrogen) atoms. The van der Waals surface area contributed by atoms with Crippen molar-refractivity contribution in [3.05, 3.63) is 54.1 Å². The number of nitrogens with one attached hydrogen (secondary N) is 2. The van der Waals surface area contributed by atoms with E-state index in [2.05, 4.69) is 70.2 Å². The van der Waals surface area contributed by atoms with Crippen LogP contribution in [0.1, 0.15) is 45.0 Å². The van der Waals surface area contributed by atoms with Gasteiger partial charge < -0.3 is 19.9 Å². The van der Waals surface area contributed by atoms with Crippen LogP contribution in [0, 0.1) is 11.3 Å². The van der Waals surface area contributed by atoms with Gasteiger partial charge in [-0.15, -0.1) is 0 Å². The molecule has 2 aromatic rings. The molecule has 2 unspecified atom stereocenters. The van der Waals surface area contributed by atoms with Gasteiger partial charge in [0.15, 0.2) is 5.96 Å². The molecule has 6 nitrogen and oxygen atoms in total. The summed E-state index contributed by atoms with van der Waals surface area (Å²) < 4.78 is 8.31. The quantitative estimate of drug-likeness (QED) is 0.541. The van der Waals surface area contributed by atoms with Crippen LogP contribution < -0.4 is 10.6 Å². The fraction of sp³-hybridized carbons (Fsp3) is 0.583. The van der Waals surface area contributed by atoms with Gasteiger partial charge in [0.05, 0.1) is 6.10 Å². The van der Waals surface area contributed by atoms with Crippen molar-refractivity contribution < 1.29 is 4.74 Å². The molecular formula is C24H37N5O. The molecule has 1 aliphatic rings. The second kappa shape index (κ2) is 10.6. The minimum atomic E-state index is 0.152. The Hall–Kier alpha value is -2.34. The third kappa shape index (κ3) is 6.33. The zero-order valence-corrected chi connectivity index (χ0v) is 18.9. The molecule has 1 aliphatic heterocycles. The number of hydrogen-bond acceptors (Lipinski definition) is 3. The van der Waals surface area contributed by atoms with Crippen molar-refractivity contribution in [1.82, 2.24) is 20.2 Å². The number of imidazole rings is 1. The summed E-state index contributed by atoms with van der Waals surface area (Å²) >= 11 is 0. The molecular weight excluding hydrogens is 374 g/mol. The highest BCUT2D eigenvalue weighted by Crippen LogP contribution is 2.33. The van der Waals surface area contributed by atoms with Crippen LogP contribution in [0.25, 0.3) is 0 Å². The lowest BCUT2D eigenvalue weighted by Gasteiger charge is -2.40.